The third-order valence-electron chi connectivity index (χ3n) is 2.86. The molecule has 88 valence electrons. The minimum atomic E-state index is -0.229. The van der Waals surface area contributed by atoms with Crippen molar-refractivity contribution < 1.29 is 4.39 Å². The van der Waals surface area contributed by atoms with Crippen molar-refractivity contribution in [2.24, 2.45) is 0 Å². The zero-order valence-corrected chi connectivity index (χ0v) is 10.4. The zero-order chi connectivity index (χ0) is 11.5. The molecule has 0 heterocycles. The minimum Gasteiger partial charge on any atom is -0.295 e. The number of alkyl halides is 1. The SMILES string of the molecule is Fc1cccc(Cl)c1CN(CCCl)C1CC1. The summed E-state index contributed by atoms with van der Waals surface area (Å²) in [4.78, 5) is 2.21. The first-order chi connectivity index (χ1) is 7.72. The molecule has 0 atom stereocenters. The smallest absolute Gasteiger partial charge is 0.129 e. The molecule has 1 aromatic rings. The first-order valence-corrected chi connectivity index (χ1v) is 6.36. The summed E-state index contributed by atoms with van der Waals surface area (Å²) < 4.78 is 13.6. The van der Waals surface area contributed by atoms with Gasteiger partial charge < -0.3 is 0 Å². The highest BCUT2D eigenvalue weighted by molar-refractivity contribution is 6.31. The molecule has 0 aromatic heterocycles. The predicted molar refractivity (Wildman–Crippen MR) is 65.6 cm³/mol. The molecule has 0 saturated heterocycles. The Labute approximate surface area is 105 Å². The standard InChI is InChI=1S/C12H14Cl2FN/c13-6-7-16(9-4-5-9)8-10-11(14)2-1-3-12(10)15/h1-3,9H,4-8H2. The highest BCUT2D eigenvalue weighted by Crippen LogP contribution is 2.30. The van der Waals surface area contributed by atoms with Crippen LogP contribution in [-0.2, 0) is 6.54 Å². The third-order valence-corrected chi connectivity index (χ3v) is 3.38. The van der Waals surface area contributed by atoms with Gasteiger partial charge in [0.25, 0.3) is 0 Å². The Morgan fingerprint density at radius 1 is 1.38 bits per heavy atom. The molecule has 1 aromatic carbocycles. The van der Waals surface area contributed by atoms with E-state index in [1.165, 1.54) is 18.9 Å². The fourth-order valence-corrected chi connectivity index (χ4v) is 2.27. The maximum absolute atomic E-state index is 13.6. The van der Waals surface area contributed by atoms with Crippen LogP contribution in [-0.4, -0.2) is 23.4 Å². The van der Waals surface area contributed by atoms with Crippen LogP contribution in [0.3, 0.4) is 0 Å². The molecule has 0 N–H and O–H groups in total. The summed E-state index contributed by atoms with van der Waals surface area (Å²) in [7, 11) is 0. The summed E-state index contributed by atoms with van der Waals surface area (Å²) in [6.07, 6.45) is 2.37. The van der Waals surface area contributed by atoms with Gasteiger partial charge in [-0.3, -0.25) is 4.90 Å². The van der Waals surface area contributed by atoms with Crippen molar-refractivity contribution in [3.63, 3.8) is 0 Å². The highest BCUT2D eigenvalue weighted by atomic mass is 35.5. The molecular formula is C12H14Cl2FN. The second-order valence-electron chi connectivity index (χ2n) is 4.09. The molecular weight excluding hydrogens is 248 g/mol. The summed E-state index contributed by atoms with van der Waals surface area (Å²) in [5.74, 6) is 0.343. The van der Waals surface area contributed by atoms with Crippen molar-refractivity contribution in [2.75, 3.05) is 12.4 Å². The fourth-order valence-electron chi connectivity index (χ4n) is 1.83. The van der Waals surface area contributed by atoms with Gasteiger partial charge in [0.15, 0.2) is 0 Å². The molecule has 0 spiro atoms. The van der Waals surface area contributed by atoms with Crippen LogP contribution < -0.4 is 0 Å². The van der Waals surface area contributed by atoms with Crippen molar-refractivity contribution in [1.29, 1.82) is 0 Å². The Balaban J connectivity index is 2.11. The Hall–Kier alpha value is -0.310. The molecule has 1 saturated carbocycles. The summed E-state index contributed by atoms with van der Waals surface area (Å²) in [5, 5.41) is 0.500. The molecule has 0 radical (unpaired) electrons. The van der Waals surface area contributed by atoms with Gasteiger partial charge in [-0.1, -0.05) is 17.7 Å². The lowest BCUT2D eigenvalue weighted by atomic mass is 10.2. The van der Waals surface area contributed by atoms with Crippen LogP contribution >= 0.6 is 23.2 Å². The number of hydrogen-bond acceptors (Lipinski definition) is 1. The molecule has 0 unspecified atom stereocenters. The van der Waals surface area contributed by atoms with E-state index >= 15 is 0 Å². The molecule has 16 heavy (non-hydrogen) atoms. The van der Waals surface area contributed by atoms with Crippen LogP contribution in [0.1, 0.15) is 18.4 Å². The average molecular weight is 262 g/mol. The summed E-state index contributed by atoms with van der Waals surface area (Å²) >= 11 is 11.7. The number of hydrogen-bond donors (Lipinski definition) is 0. The van der Waals surface area contributed by atoms with Crippen molar-refractivity contribution in [3.05, 3.63) is 34.6 Å². The van der Waals surface area contributed by atoms with Gasteiger partial charge in [0, 0.05) is 35.6 Å². The van der Waals surface area contributed by atoms with E-state index in [9.17, 15) is 4.39 Å². The van der Waals surface area contributed by atoms with Gasteiger partial charge in [-0.15, -0.1) is 11.6 Å². The highest BCUT2D eigenvalue weighted by Gasteiger charge is 2.29. The van der Waals surface area contributed by atoms with Gasteiger partial charge in [0.2, 0.25) is 0 Å². The molecule has 1 nitrogen and oxygen atoms in total. The topological polar surface area (TPSA) is 3.24 Å². The number of benzene rings is 1. The Kier molecular flexibility index (Phi) is 4.06. The molecule has 2 rings (SSSR count). The second-order valence-corrected chi connectivity index (χ2v) is 4.88. The molecule has 0 aliphatic heterocycles. The van der Waals surface area contributed by atoms with Gasteiger partial charge in [-0.05, 0) is 25.0 Å². The van der Waals surface area contributed by atoms with E-state index in [-0.39, 0.29) is 5.82 Å². The van der Waals surface area contributed by atoms with E-state index in [4.69, 9.17) is 23.2 Å². The van der Waals surface area contributed by atoms with Crippen molar-refractivity contribution in [2.45, 2.75) is 25.4 Å². The first-order valence-electron chi connectivity index (χ1n) is 5.45. The van der Waals surface area contributed by atoms with E-state index in [0.717, 1.165) is 6.54 Å². The van der Waals surface area contributed by atoms with E-state index in [0.29, 0.717) is 29.1 Å². The zero-order valence-electron chi connectivity index (χ0n) is 8.93. The lowest BCUT2D eigenvalue weighted by molar-refractivity contribution is 0.267. The predicted octanol–water partition coefficient (Wildman–Crippen LogP) is 3.68. The fraction of sp³-hybridized carbons (Fsp3) is 0.500. The number of nitrogens with zero attached hydrogens (tertiary/aromatic N) is 1. The van der Waals surface area contributed by atoms with E-state index in [1.54, 1.807) is 12.1 Å². The van der Waals surface area contributed by atoms with Crippen LogP contribution in [0, 0.1) is 5.82 Å². The van der Waals surface area contributed by atoms with Gasteiger partial charge in [0.1, 0.15) is 5.82 Å². The minimum absolute atomic E-state index is 0.229. The summed E-state index contributed by atoms with van der Waals surface area (Å²) in [6, 6.07) is 5.37. The Morgan fingerprint density at radius 2 is 2.12 bits per heavy atom. The molecule has 0 bridgehead atoms. The third kappa shape index (κ3) is 2.88. The van der Waals surface area contributed by atoms with Crippen LogP contribution in [0.5, 0.6) is 0 Å². The summed E-state index contributed by atoms with van der Waals surface area (Å²) in [5.41, 5.74) is 0.584. The van der Waals surface area contributed by atoms with E-state index in [2.05, 4.69) is 4.90 Å². The molecule has 4 heteroatoms. The van der Waals surface area contributed by atoms with E-state index < -0.39 is 0 Å². The normalized spacial score (nSPS) is 15.8. The van der Waals surface area contributed by atoms with Crippen molar-refractivity contribution in [1.82, 2.24) is 4.90 Å². The van der Waals surface area contributed by atoms with Gasteiger partial charge in [-0.2, -0.15) is 0 Å². The van der Waals surface area contributed by atoms with Crippen LogP contribution in [0.4, 0.5) is 4.39 Å². The van der Waals surface area contributed by atoms with Gasteiger partial charge in [-0.25, -0.2) is 4.39 Å². The Bertz CT molecular complexity index is 346. The number of rotatable bonds is 5. The van der Waals surface area contributed by atoms with Crippen molar-refractivity contribution in [3.8, 4) is 0 Å². The molecule has 1 aliphatic carbocycles. The lowest BCUT2D eigenvalue weighted by Gasteiger charge is -2.21. The Morgan fingerprint density at radius 3 is 2.69 bits per heavy atom. The van der Waals surface area contributed by atoms with E-state index in [1.807, 2.05) is 0 Å². The van der Waals surface area contributed by atoms with Gasteiger partial charge in [0.05, 0.1) is 0 Å². The maximum Gasteiger partial charge on any atom is 0.129 e. The molecule has 0 amide bonds. The van der Waals surface area contributed by atoms with Crippen LogP contribution in [0.25, 0.3) is 0 Å². The largest absolute Gasteiger partial charge is 0.295 e. The monoisotopic (exact) mass is 261 g/mol. The molecule has 1 fully saturated rings. The maximum atomic E-state index is 13.6. The summed E-state index contributed by atoms with van der Waals surface area (Å²) in [6.45, 7) is 1.35. The van der Waals surface area contributed by atoms with Crippen LogP contribution in [0.2, 0.25) is 5.02 Å². The lowest BCUT2D eigenvalue weighted by Crippen LogP contribution is -2.28. The van der Waals surface area contributed by atoms with Crippen LogP contribution in [0.15, 0.2) is 18.2 Å². The van der Waals surface area contributed by atoms with Crippen molar-refractivity contribution >= 4 is 23.2 Å². The van der Waals surface area contributed by atoms with Gasteiger partial charge >= 0.3 is 0 Å². The quantitative estimate of drug-likeness (QED) is 0.731. The average Bonchev–Trinajstić information content (AvgIpc) is 3.06. The number of halogens is 3. The second kappa shape index (κ2) is 5.35. The first kappa shape index (κ1) is 12.2. The molecule has 1 aliphatic rings.